The Morgan fingerprint density at radius 1 is 0.957 bits per heavy atom. The first-order chi connectivity index (χ1) is 11.2. The molecule has 0 radical (unpaired) electrons. The molecule has 0 saturated heterocycles. The number of hydrogen-bond acceptors (Lipinski definition) is 3. The Hall–Kier alpha value is -3.14. The average molecular weight is 303 g/mol. The van der Waals surface area contributed by atoms with Crippen molar-refractivity contribution in [2.24, 2.45) is 0 Å². The Morgan fingerprint density at radius 3 is 2.52 bits per heavy atom. The Kier molecular flexibility index (Phi) is 2.91. The fourth-order valence-electron chi connectivity index (χ4n) is 3.04. The maximum Gasteiger partial charge on any atom is 0.336 e. The Labute approximate surface area is 131 Å². The molecule has 0 amide bonds. The van der Waals surface area contributed by atoms with Gasteiger partial charge >= 0.3 is 5.97 Å². The van der Waals surface area contributed by atoms with Gasteiger partial charge in [0.15, 0.2) is 0 Å². The highest BCUT2D eigenvalue weighted by atomic mass is 16.5. The van der Waals surface area contributed by atoms with Crippen molar-refractivity contribution in [2.75, 3.05) is 7.11 Å². The van der Waals surface area contributed by atoms with Gasteiger partial charge in [-0.15, -0.1) is 0 Å². The molecule has 4 aromatic rings. The number of carbonyl (C=O) groups is 1. The molecule has 0 unspecified atom stereocenters. The summed E-state index contributed by atoms with van der Waals surface area (Å²) in [5.74, 6) is -0.252. The van der Waals surface area contributed by atoms with Crippen molar-refractivity contribution in [1.82, 2.24) is 4.98 Å². The third-order valence-electron chi connectivity index (χ3n) is 4.14. The Bertz CT molecular complexity index is 1090. The summed E-state index contributed by atoms with van der Waals surface area (Å²) >= 11 is 0. The minimum Gasteiger partial charge on any atom is -0.497 e. The molecule has 1 aromatic heterocycles. The summed E-state index contributed by atoms with van der Waals surface area (Å²) in [6.45, 7) is 0. The molecule has 1 heterocycles. The Morgan fingerprint density at radius 2 is 1.74 bits per heavy atom. The van der Waals surface area contributed by atoms with Gasteiger partial charge in [0.05, 0.1) is 18.2 Å². The summed E-state index contributed by atoms with van der Waals surface area (Å²) in [6, 6.07) is 14.9. The predicted octanol–water partition coefficient (Wildman–Crippen LogP) is 4.25. The van der Waals surface area contributed by atoms with E-state index in [0.717, 1.165) is 27.1 Å². The van der Waals surface area contributed by atoms with Crippen molar-refractivity contribution in [3.05, 3.63) is 60.3 Å². The number of methoxy groups -OCH3 is 1. The molecule has 3 aromatic carbocycles. The zero-order valence-electron chi connectivity index (χ0n) is 12.4. The first kappa shape index (κ1) is 13.5. The van der Waals surface area contributed by atoms with Crippen molar-refractivity contribution >= 4 is 38.4 Å². The number of benzene rings is 3. The van der Waals surface area contributed by atoms with Gasteiger partial charge < -0.3 is 9.84 Å². The number of aromatic nitrogens is 1. The largest absolute Gasteiger partial charge is 0.497 e. The van der Waals surface area contributed by atoms with Crippen LogP contribution in [-0.4, -0.2) is 23.2 Å². The Balaban J connectivity index is 2.27. The van der Waals surface area contributed by atoms with Crippen molar-refractivity contribution in [3.8, 4) is 5.75 Å². The van der Waals surface area contributed by atoms with Crippen molar-refractivity contribution in [2.45, 2.75) is 0 Å². The fourth-order valence-corrected chi connectivity index (χ4v) is 3.04. The summed E-state index contributed by atoms with van der Waals surface area (Å²) < 4.78 is 5.29. The molecule has 23 heavy (non-hydrogen) atoms. The maximum absolute atomic E-state index is 11.7. The zero-order chi connectivity index (χ0) is 16.0. The monoisotopic (exact) mass is 303 g/mol. The van der Waals surface area contributed by atoms with Gasteiger partial charge in [-0.05, 0) is 46.5 Å². The topological polar surface area (TPSA) is 59.4 Å². The molecule has 4 nitrogen and oxygen atoms in total. The molecule has 0 fully saturated rings. The zero-order valence-corrected chi connectivity index (χ0v) is 12.4. The summed E-state index contributed by atoms with van der Waals surface area (Å²) in [4.78, 5) is 16.2. The molecule has 4 rings (SSSR count). The minimum absolute atomic E-state index is 0.284. The van der Waals surface area contributed by atoms with Crippen LogP contribution in [0.25, 0.3) is 32.4 Å². The van der Waals surface area contributed by atoms with E-state index in [-0.39, 0.29) is 5.56 Å². The third kappa shape index (κ3) is 1.99. The highest BCUT2D eigenvalue weighted by Gasteiger charge is 2.14. The van der Waals surface area contributed by atoms with Crippen molar-refractivity contribution in [3.63, 3.8) is 0 Å². The van der Waals surface area contributed by atoms with Crippen LogP contribution >= 0.6 is 0 Å². The summed E-state index contributed by atoms with van der Waals surface area (Å²) in [5.41, 5.74) is 1.13. The molecule has 112 valence electrons. The smallest absolute Gasteiger partial charge is 0.336 e. The molecule has 0 aliphatic rings. The van der Waals surface area contributed by atoms with E-state index in [1.165, 1.54) is 0 Å². The number of carboxylic acids is 1. The number of nitrogens with zero attached hydrogens (tertiary/aromatic N) is 1. The highest BCUT2D eigenvalue weighted by molar-refractivity contribution is 6.21. The van der Waals surface area contributed by atoms with Crippen LogP contribution in [0.15, 0.2) is 54.7 Å². The number of rotatable bonds is 2. The van der Waals surface area contributed by atoms with Gasteiger partial charge in [0.1, 0.15) is 5.75 Å². The fraction of sp³-hybridized carbons (Fsp3) is 0.0526. The second-order valence-electron chi connectivity index (χ2n) is 5.38. The van der Waals surface area contributed by atoms with Crippen LogP contribution in [-0.2, 0) is 0 Å². The lowest BCUT2D eigenvalue weighted by Gasteiger charge is -2.11. The number of aromatic carboxylic acids is 1. The number of pyridine rings is 1. The van der Waals surface area contributed by atoms with Crippen LogP contribution in [0.4, 0.5) is 0 Å². The van der Waals surface area contributed by atoms with E-state index < -0.39 is 5.97 Å². The molecule has 0 saturated carbocycles. The van der Waals surface area contributed by atoms with Crippen molar-refractivity contribution < 1.29 is 14.6 Å². The molecular weight excluding hydrogens is 290 g/mol. The van der Waals surface area contributed by atoms with Crippen LogP contribution in [0.5, 0.6) is 5.75 Å². The van der Waals surface area contributed by atoms with Crippen LogP contribution in [0.3, 0.4) is 0 Å². The van der Waals surface area contributed by atoms with Gasteiger partial charge in [0, 0.05) is 17.0 Å². The van der Waals surface area contributed by atoms with Crippen LogP contribution < -0.4 is 4.74 Å². The van der Waals surface area contributed by atoms with Crippen LogP contribution in [0.1, 0.15) is 10.4 Å². The van der Waals surface area contributed by atoms with E-state index >= 15 is 0 Å². The van der Waals surface area contributed by atoms with E-state index in [1.54, 1.807) is 31.5 Å². The van der Waals surface area contributed by atoms with E-state index in [2.05, 4.69) is 4.98 Å². The normalized spacial score (nSPS) is 11.2. The summed E-state index contributed by atoms with van der Waals surface area (Å²) in [5, 5.41) is 13.9. The van der Waals surface area contributed by atoms with Gasteiger partial charge in [-0.3, -0.25) is 4.98 Å². The van der Waals surface area contributed by atoms with E-state index in [1.807, 2.05) is 30.3 Å². The maximum atomic E-state index is 11.7. The molecule has 0 spiro atoms. The lowest BCUT2D eigenvalue weighted by molar-refractivity contribution is 0.0699. The molecule has 0 bridgehead atoms. The number of ether oxygens (including phenoxy) is 1. The minimum atomic E-state index is -0.942. The average Bonchev–Trinajstić information content (AvgIpc) is 2.59. The van der Waals surface area contributed by atoms with E-state index in [9.17, 15) is 9.90 Å². The number of fused-ring (bicyclic) bond motifs is 5. The van der Waals surface area contributed by atoms with Crippen LogP contribution in [0.2, 0.25) is 0 Å². The molecule has 0 aliphatic carbocycles. The first-order valence-corrected chi connectivity index (χ1v) is 7.20. The van der Waals surface area contributed by atoms with Gasteiger partial charge in [0.25, 0.3) is 0 Å². The lowest BCUT2D eigenvalue weighted by Crippen LogP contribution is -1.99. The highest BCUT2D eigenvalue weighted by Crippen LogP contribution is 2.34. The van der Waals surface area contributed by atoms with Gasteiger partial charge in [-0.1, -0.05) is 18.2 Å². The number of hydrogen-bond donors (Lipinski definition) is 1. The molecule has 0 aliphatic heterocycles. The number of para-hydroxylation sites is 1. The van der Waals surface area contributed by atoms with Gasteiger partial charge in [-0.2, -0.15) is 0 Å². The molecule has 1 N–H and O–H groups in total. The lowest BCUT2D eigenvalue weighted by atomic mass is 9.96. The third-order valence-corrected chi connectivity index (χ3v) is 4.14. The number of carboxylic acid groups (broad SMARTS) is 1. The summed E-state index contributed by atoms with van der Waals surface area (Å²) in [6.07, 6.45) is 1.80. The van der Waals surface area contributed by atoms with Crippen molar-refractivity contribution in [1.29, 1.82) is 0 Å². The SMILES string of the molecule is COc1ccc2c(C(=O)O)cc3c4ccccc4ncc3c2c1. The standard InChI is InChI=1S/C19H13NO3/c1-23-11-6-7-12-14(8-11)17-10-20-18-5-3-2-4-13(18)15(17)9-16(12)19(21)22/h2-10H,1H3,(H,21,22). The van der Waals surface area contributed by atoms with E-state index in [0.29, 0.717) is 11.1 Å². The second kappa shape index (κ2) is 4.95. The molecule has 0 atom stereocenters. The predicted molar refractivity (Wildman–Crippen MR) is 90.3 cm³/mol. The summed E-state index contributed by atoms with van der Waals surface area (Å²) in [7, 11) is 1.60. The van der Waals surface area contributed by atoms with Crippen LogP contribution in [0, 0.1) is 0 Å². The second-order valence-corrected chi connectivity index (χ2v) is 5.38. The first-order valence-electron chi connectivity index (χ1n) is 7.20. The quantitative estimate of drug-likeness (QED) is 0.562. The molecular formula is C19H13NO3. The van der Waals surface area contributed by atoms with E-state index in [4.69, 9.17) is 4.74 Å². The van der Waals surface area contributed by atoms with Gasteiger partial charge in [0.2, 0.25) is 0 Å². The molecule has 4 heteroatoms. The van der Waals surface area contributed by atoms with Gasteiger partial charge in [-0.25, -0.2) is 4.79 Å².